The third kappa shape index (κ3) is 2.17. The van der Waals surface area contributed by atoms with Gasteiger partial charge < -0.3 is 19.9 Å². The lowest BCUT2D eigenvalue weighted by atomic mass is 10.1. The van der Waals surface area contributed by atoms with Crippen LogP contribution in [0.25, 0.3) is 10.9 Å². The molecule has 2 rings (SSSR count). The average Bonchev–Trinajstić information content (AvgIpc) is 2.37. The van der Waals surface area contributed by atoms with Crippen molar-refractivity contribution in [2.24, 2.45) is 0 Å². The Hall–Kier alpha value is -2.01. The molecule has 0 atom stereocenters. The van der Waals surface area contributed by atoms with Gasteiger partial charge in [-0.3, -0.25) is 4.98 Å². The second-order valence-electron chi connectivity index (χ2n) is 3.86. The van der Waals surface area contributed by atoms with E-state index in [4.69, 9.17) is 19.9 Å². The highest BCUT2D eigenvalue weighted by atomic mass is 16.5. The zero-order valence-corrected chi connectivity index (χ0v) is 10.7. The highest BCUT2D eigenvalue weighted by molar-refractivity contribution is 5.92. The van der Waals surface area contributed by atoms with E-state index in [0.29, 0.717) is 23.8 Å². The van der Waals surface area contributed by atoms with E-state index in [2.05, 4.69) is 4.98 Å². The molecule has 0 radical (unpaired) electrons. The molecule has 0 aliphatic rings. The van der Waals surface area contributed by atoms with Gasteiger partial charge in [-0.2, -0.15) is 0 Å². The van der Waals surface area contributed by atoms with E-state index >= 15 is 0 Å². The minimum absolute atomic E-state index is 0.425. The molecule has 0 aliphatic heterocycles. The molecule has 5 heteroatoms. The molecule has 1 heterocycles. The second kappa shape index (κ2) is 5.10. The quantitative estimate of drug-likeness (QED) is 0.896. The summed E-state index contributed by atoms with van der Waals surface area (Å²) in [6.45, 7) is 0.425. The number of benzene rings is 1. The van der Waals surface area contributed by atoms with Crippen LogP contribution in [0.15, 0.2) is 18.2 Å². The summed E-state index contributed by atoms with van der Waals surface area (Å²) in [4.78, 5) is 4.47. The highest BCUT2D eigenvalue weighted by Gasteiger charge is 2.10. The third-order valence-electron chi connectivity index (χ3n) is 2.69. The third-order valence-corrected chi connectivity index (χ3v) is 2.69. The normalized spacial score (nSPS) is 10.6. The van der Waals surface area contributed by atoms with Gasteiger partial charge in [-0.25, -0.2) is 0 Å². The van der Waals surface area contributed by atoms with Gasteiger partial charge in [0.15, 0.2) is 11.5 Å². The number of fused-ring (bicyclic) bond motifs is 1. The van der Waals surface area contributed by atoms with Crippen LogP contribution in [0.2, 0.25) is 0 Å². The lowest BCUT2D eigenvalue weighted by Gasteiger charge is -2.11. The first kappa shape index (κ1) is 12.4. The SMILES string of the molecule is COCc1cc(N)c2cc(OC)c(OC)cc2n1. The molecule has 0 saturated heterocycles. The Morgan fingerprint density at radius 1 is 1.06 bits per heavy atom. The van der Waals surface area contributed by atoms with E-state index < -0.39 is 0 Å². The summed E-state index contributed by atoms with van der Waals surface area (Å²) >= 11 is 0. The first-order chi connectivity index (χ1) is 8.69. The Kier molecular flexibility index (Phi) is 3.53. The number of methoxy groups -OCH3 is 3. The lowest BCUT2D eigenvalue weighted by Crippen LogP contribution is -1.98. The predicted octanol–water partition coefficient (Wildman–Crippen LogP) is 1.98. The molecule has 0 spiro atoms. The number of rotatable bonds is 4. The number of anilines is 1. The summed E-state index contributed by atoms with van der Waals surface area (Å²) in [6, 6.07) is 5.44. The van der Waals surface area contributed by atoms with Crippen molar-refractivity contribution in [2.45, 2.75) is 6.61 Å². The zero-order chi connectivity index (χ0) is 13.1. The van der Waals surface area contributed by atoms with E-state index in [1.807, 2.05) is 12.1 Å². The molecule has 18 heavy (non-hydrogen) atoms. The van der Waals surface area contributed by atoms with Crippen molar-refractivity contribution >= 4 is 16.6 Å². The standard InChI is InChI=1S/C13H16N2O3/c1-16-7-8-4-10(14)9-5-12(17-2)13(18-3)6-11(9)15-8/h4-6H,7H2,1-3H3,(H2,14,15). The zero-order valence-electron chi connectivity index (χ0n) is 10.7. The maximum atomic E-state index is 6.01. The van der Waals surface area contributed by atoms with Crippen LogP contribution < -0.4 is 15.2 Å². The molecule has 5 nitrogen and oxygen atoms in total. The van der Waals surface area contributed by atoms with E-state index in [-0.39, 0.29) is 0 Å². The van der Waals surface area contributed by atoms with Gasteiger partial charge in [0.2, 0.25) is 0 Å². The summed E-state index contributed by atoms with van der Waals surface area (Å²) in [5.74, 6) is 1.27. The first-order valence-electron chi connectivity index (χ1n) is 5.49. The minimum Gasteiger partial charge on any atom is -0.493 e. The van der Waals surface area contributed by atoms with Crippen LogP contribution in [-0.4, -0.2) is 26.3 Å². The van der Waals surface area contributed by atoms with Gasteiger partial charge in [0.25, 0.3) is 0 Å². The number of nitrogen functional groups attached to an aromatic ring is 1. The van der Waals surface area contributed by atoms with Crippen LogP contribution in [0.4, 0.5) is 5.69 Å². The van der Waals surface area contributed by atoms with E-state index in [1.165, 1.54) is 0 Å². The number of nitrogens with two attached hydrogens (primary N) is 1. The molecule has 0 bridgehead atoms. The predicted molar refractivity (Wildman–Crippen MR) is 70.0 cm³/mol. The molecular formula is C13H16N2O3. The van der Waals surface area contributed by atoms with Gasteiger partial charge in [0.05, 0.1) is 32.0 Å². The molecule has 0 saturated carbocycles. The first-order valence-corrected chi connectivity index (χ1v) is 5.49. The molecule has 96 valence electrons. The Balaban J connectivity index is 2.64. The molecule has 0 aliphatic carbocycles. The summed E-state index contributed by atoms with van der Waals surface area (Å²) in [7, 11) is 4.80. The van der Waals surface area contributed by atoms with Gasteiger partial charge in [-0.05, 0) is 12.1 Å². The van der Waals surface area contributed by atoms with E-state index in [0.717, 1.165) is 16.6 Å². The number of pyridine rings is 1. The summed E-state index contributed by atoms with van der Waals surface area (Å²) in [6.07, 6.45) is 0. The van der Waals surface area contributed by atoms with Crippen LogP contribution in [-0.2, 0) is 11.3 Å². The van der Waals surface area contributed by atoms with Gasteiger partial charge in [0, 0.05) is 24.2 Å². The Labute approximate surface area is 105 Å². The summed E-state index contributed by atoms with van der Waals surface area (Å²) in [5.41, 5.74) is 8.21. The maximum absolute atomic E-state index is 6.01. The molecule has 2 aromatic rings. The van der Waals surface area contributed by atoms with Crippen LogP contribution in [0.5, 0.6) is 11.5 Å². The Bertz CT molecular complexity index is 570. The molecule has 0 unspecified atom stereocenters. The smallest absolute Gasteiger partial charge is 0.162 e. The van der Waals surface area contributed by atoms with Crippen molar-refractivity contribution in [2.75, 3.05) is 27.1 Å². The highest BCUT2D eigenvalue weighted by Crippen LogP contribution is 2.33. The van der Waals surface area contributed by atoms with Crippen molar-refractivity contribution in [1.29, 1.82) is 0 Å². The Morgan fingerprint density at radius 2 is 1.72 bits per heavy atom. The lowest BCUT2D eigenvalue weighted by molar-refractivity contribution is 0.182. The van der Waals surface area contributed by atoms with Crippen LogP contribution in [0.3, 0.4) is 0 Å². The molecular weight excluding hydrogens is 232 g/mol. The number of hydrogen-bond acceptors (Lipinski definition) is 5. The number of ether oxygens (including phenoxy) is 3. The van der Waals surface area contributed by atoms with Gasteiger partial charge in [-0.15, -0.1) is 0 Å². The fraction of sp³-hybridized carbons (Fsp3) is 0.308. The molecule has 2 N–H and O–H groups in total. The van der Waals surface area contributed by atoms with Crippen LogP contribution in [0, 0.1) is 0 Å². The number of hydrogen-bond donors (Lipinski definition) is 1. The Morgan fingerprint density at radius 3 is 2.33 bits per heavy atom. The van der Waals surface area contributed by atoms with Crippen LogP contribution >= 0.6 is 0 Å². The van der Waals surface area contributed by atoms with Gasteiger partial charge in [-0.1, -0.05) is 0 Å². The second-order valence-corrected chi connectivity index (χ2v) is 3.86. The molecule has 1 aromatic heterocycles. The van der Waals surface area contributed by atoms with Crippen molar-refractivity contribution in [3.05, 3.63) is 23.9 Å². The molecule has 0 fully saturated rings. The fourth-order valence-corrected chi connectivity index (χ4v) is 1.86. The monoisotopic (exact) mass is 248 g/mol. The van der Waals surface area contributed by atoms with Gasteiger partial charge >= 0.3 is 0 Å². The van der Waals surface area contributed by atoms with Crippen LogP contribution in [0.1, 0.15) is 5.69 Å². The molecule has 1 aromatic carbocycles. The van der Waals surface area contributed by atoms with Crippen molar-refractivity contribution in [3.63, 3.8) is 0 Å². The van der Waals surface area contributed by atoms with E-state index in [9.17, 15) is 0 Å². The maximum Gasteiger partial charge on any atom is 0.162 e. The van der Waals surface area contributed by atoms with Crippen molar-refractivity contribution in [3.8, 4) is 11.5 Å². The average molecular weight is 248 g/mol. The summed E-state index contributed by atoms with van der Waals surface area (Å²) in [5, 5.41) is 0.840. The minimum atomic E-state index is 0.425. The number of aromatic nitrogens is 1. The molecule has 0 amide bonds. The topological polar surface area (TPSA) is 66.6 Å². The summed E-state index contributed by atoms with van der Waals surface area (Å²) < 4.78 is 15.6. The fourth-order valence-electron chi connectivity index (χ4n) is 1.86. The van der Waals surface area contributed by atoms with Gasteiger partial charge in [0.1, 0.15) is 0 Å². The largest absolute Gasteiger partial charge is 0.493 e. The van der Waals surface area contributed by atoms with Crippen molar-refractivity contribution < 1.29 is 14.2 Å². The van der Waals surface area contributed by atoms with Crippen molar-refractivity contribution in [1.82, 2.24) is 4.98 Å². The van der Waals surface area contributed by atoms with E-state index in [1.54, 1.807) is 27.4 Å². The number of nitrogens with zero attached hydrogens (tertiary/aromatic N) is 1.